The molecule has 0 bridgehead atoms. The first-order chi connectivity index (χ1) is 13.9. The molecule has 29 heavy (non-hydrogen) atoms. The summed E-state index contributed by atoms with van der Waals surface area (Å²) >= 11 is 6.56. The Labute approximate surface area is 182 Å². The third-order valence-electron chi connectivity index (χ3n) is 3.73. The highest BCUT2D eigenvalue weighted by molar-refractivity contribution is 9.10. The van der Waals surface area contributed by atoms with Gasteiger partial charge in [0.05, 0.1) is 23.2 Å². The first kappa shape index (κ1) is 20.7. The highest BCUT2D eigenvalue weighted by atomic mass is 79.9. The van der Waals surface area contributed by atoms with Crippen LogP contribution in [0.5, 0.6) is 0 Å². The van der Waals surface area contributed by atoms with E-state index in [1.165, 1.54) is 12.3 Å². The van der Waals surface area contributed by atoms with Gasteiger partial charge in [-0.1, -0.05) is 31.9 Å². The zero-order valence-electron chi connectivity index (χ0n) is 14.8. The number of benzene rings is 2. The molecule has 0 aliphatic carbocycles. The summed E-state index contributed by atoms with van der Waals surface area (Å²) < 4.78 is 7.13. The lowest BCUT2D eigenvalue weighted by molar-refractivity contribution is -0.384. The number of rotatable bonds is 7. The van der Waals surface area contributed by atoms with Crippen molar-refractivity contribution in [2.75, 3.05) is 11.9 Å². The van der Waals surface area contributed by atoms with Gasteiger partial charge in [-0.2, -0.15) is 5.10 Å². The molecule has 0 radical (unpaired) electrons. The zero-order valence-corrected chi connectivity index (χ0v) is 17.9. The maximum atomic E-state index is 11.8. The van der Waals surface area contributed by atoms with Crippen LogP contribution in [-0.4, -0.2) is 23.6 Å². The van der Waals surface area contributed by atoms with E-state index in [2.05, 4.69) is 47.7 Å². The molecule has 0 aliphatic rings. The van der Waals surface area contributed by atoms with Crippen LogP contribution in [0.25, 0.3) is 11.3 Å². The SMILES string of the molecule is O=C(CNc1ccc(Br)cc1)N/N=C\c1ccc(-c2ccc(Br)cc2[N+](=O)[O-])o1. The number of hydrogen-bond donors (Lipinski definition) is 2. The van der Waals surface area contributed by atoms with Gasteiger partial charge in [0.2, 0.25) is 0 Å². The van der Waals surface area contributed by atoms with E-state index in [-0.39, 0.29) is 18.1 Å². The molecule has 1 aromatic heterocycles. The number of nitro benzene ring substituents is 1. The second-order valence-corrected chi connectivity index (χ2v) is 7.61. The van der Waals surface area contributed by atoms with Crippen molar-refractivity contribution in [2.45, 2.75) is 0 Å². The van der Waals surface area contributed by atoms with E-state index in [9.17, 15) is 14.9 Å². The fourth-order valence-corrected chi connectivity index (χ4v) is 3.00. The number of furan rings is 1. The lowest BCUT2D eigenvalue weighted by atomic mass is 10.1. The van der Waals surface area contributed by atoms with E-state index >= 15 is 0 Å². The summed E-state index contributed by atoms with van der Waals surface area (Å²) in [6.45, 7) is 0.0491. The van der Waals surface area contributed by atoms with Crippen molar-refractivity contribution < 1.29 is 14.1 Å². The van der Waals surface area contributed by atoms with Crippen LogP contribution >= 0.6 is 31.9 Å². The summed E-state index contributed by atoms with van der Waals surface area (Å²) in [6.07, 6.45) is 1.33. The second-order valence-electron chi connectivity index (χ2n) is 5.77. The van der Waals surface area contributed by atoms with Crippen molar-refractivity contribution in [2.24, 2.45) is 5.10 Å². The maximum Gasteiger partial charge on any atom is 0.281 e. The van der Waals surface area contributed by atoms with E-state index in [0.29, 0.717) is 21.6 Å². The van der Waals surface area contributed by atoms with Gasteiger partial charge in [0.15, 0.2) is 0 Å². The highest BCUT2D eigenvalue weighted by Gasteiger charge is 2.18. The monoisotopic (exact) mass is 520 g/mol. The molecule has 10 heteroatoms. The summed E-state index contributed by atoms with van der Waals surface area (Å²) in [6, 6.07) is 15.3. The van der Waals surface area contributed by atoms with Gasteiger partial charge in [-0.3, -0.25) is 14.9 Å². The molecule has 2 N–H and O–H groups in total. The number of anilines is 1. The van der Waals surface area contributed by atoms with Crippen molar-refractivity contribution >= 4 is 55.4 Å². The summed E-state index contributed by atoms with van der Waals surface area (Å²) in [5, 5.41) is 18.1. The van der Waals surface area contributed by atoms with Crippen molar-refractivity contribution in [3.05, 3.63) is 79.4 Å². The van der Waals surface area contributed by atoms with E-state index < -0.39 is 4.92 Å². The van der Waals surface area contributed by atoms with Crippen LogP contribution in [0.4, 0.5) is 11.4 Å². The Morgan fingerprint density at radius 3 is 2.55 bits per heavy atom. The fraction of sp³-hybridized carbons (Fsp3) is 0.0526. The second kappa shape index (κ2) is 9.48. The van der Waals surface area contributed by atoms with E-state index in [4.69, 9.17) is 4.42 Å². The molecule has 0 aliphatic heterocycles. The quantitative estimate of drug-likeness (QED) is 0.260. The molecule has 0 saturated heterocycles. The predicted molar refractivity (Wildman–Crippen MR) is 117 cm³/mol. The lowest BCUT2D eigenvalue weighted by Crippen LogP contribution is -2.25. The molecule has 3 rings (SSSR count). The average molecular weight is 522 g/mol. The minimum atomic E-state index is -0.477. The van der Waals surface area contributed by atoms with Crippen LogP contribution in [0.15, 0.2) is 73.1 Å². The third kappa shape index (κ3) is 5.75. The van der Waals surface area contributed by atoms with Crippen LogP contribution in [-0.2, 0) is 4.79 Å². The van der Waals surface area contributed by atoms with Crippen molar-refractivity contribution in [3.63, 3.8) is 0 Å². The highest BCUT2D eigenvalue weighted by Crippen LogP contribution is 2.33. The van der Waals surface area contributed by atoms with Crippen molar-refractivity contribution in [1.29, 1.82) is 0 Å². The number of hydrazone groups is 1. The minimum absolute atomic E-state index is 0.0491. The van der Waals surface area contributed by atoms with E-state index in [0.717, 1.165) is 10.2 Å². The molecule has 8 nitrogen and oxygen atoms in total. The standard InChI is InChI=1S/C19H14Br2N4O4/c20-12-1-4-14(5-2-12)22-11-19(26)24-23-10-15-6-8-18(29-15)16-7-3-13(21)9-17(16)25(27)28/h1-10,22H,11H2,(H,24,26)/b23-10-. The van der Waals surface area contributed by atoms with E-state index in [1.807, 2.05) is 24.3 Å². The summed E-state index contributed by atoms with van der Waals surface area (Å²) in [5.41, 5.74) is 3.46. The molecule has 0 spiro atoms. The third-order valence-corrected chi connectivity index (χ3v) is 4.75. The number of hydrogen-bond acceptors (Lipinski definition) is 6. The van der Waals surface area contributed by atoms with Crippen LogP contribution in [0.2, 0.25) is 0 Å². The first-order valence-corrected chi connectivity index (χ1v) is 9.86. The topological polar surface area (TPSA) is 110 Å². The van der Waals surface area contributed by atoms with Gasteiger partial charge in [-0.05, 0) is 48.5 Å². The molecular formula is C19H14Br2N4O4. The van der Waals surface area contributed by atoms with Crippen molar-refractivity contribution in [3.8, 4) is 11.3 Å². The van der Waals surface area contributed by atoms with Gasteiger partial charge < -0.3 is 9.73 Å². The molecule has 1 amide bonds. The average Bonchev–Trinajstić information content (AvgIpc) is 3.16. The van der Waals surface area contributed by atoms with Gasteiger partial charge in [-0.25, -0.2) is 5.43 Å². The Kier molecular flexibility index (Phi) is 6.78. The number of carbonyl (C=O) groups excluding carboxylic acids is 1. The van der Waals surface area contributed by atoms with Crippen LogP contribution in [0.1, 0.15) is 5.76 Å². The molecule has 0 unspecified atom stereocenters. The summed E-state index contributed by atoms with van der Waals surface area (Å²) in [7, 11) is 0. The molecular weight excluding hydrogens is 508 g/mol. The molecule has 1 heterocycles. The number of halogens is 2. The van der Waals surface area contributed by atoms with Crippen LogP contribution in [0.3, 0.4) is 0 Å². The van der Waals surface area contributed by atoms with Gasteiger partial charge in [0.25, 0.3) is 11.6 Å². The first-order valence-electron chi connectivity index (χ1n) is 8.28. The lowest BCUT2D eigenvalue weighted by Gasteiger charge is -2.04. The molecule has 0 saturated carbocycles. The molecule has 0 atom stereocenters. The van der Waals surface area contributed by atoms with Gasteiger partial charge in [-0.15, -0.1) is 0 Å². The number of amides is 1. The number of carbonyl (C=O) groups is 1. The largest absolute Gasteiger partial charge is 0.455 e. The Balaban J connectivity index is 1.59. The Morgan fingerprint density at radius 2 is 1.83 bits per heavy atom. The Hall–Kier alpha value is -2.98. The van der Waals surface area contributed by atoms with Crippen molar-refractivity contribution in [1.82, 2.24) is 5.43 Å². The smallest absolute Gasteiger partial charge is 0.281 e. The van der Waals surface area contributed by atoms with Crippen LogP contribution in [0, 0.1) is 10.1 Å². The Bertz CT molecular complexity index is 1060. The minimum Gasteiger partial charge on any atom is -0.455 e. The molecule has 0 fully saturated rings. The summed E-state index contributed by atoms with van der Waals surface area (Å²) in [5.74, 6) is 0.340. The normalized spacial score (nSPS) is 10.8. The van der Waals surface area contributed by atoms with Gasteiger partial charge in [0, 0.05) is 20.7 Å². The zero-order chi connectivity index (χ0) is 20.8. The predicted octanol–water partition coefficient (Wildman–Crippen LogP) is 4.94. The van der Waals surface area contributed by atoms with Gasteiger partial charge in [0.1, 0.15) is 11.5 Å². The number of nitrogens with zero attached hydrogens (tertiary/aromatic N) is 2. The number of nitro groups is 1. The Morgan fingerprint density at radius 1 is 1.10 bits per heavy atom. The summed E-state index contributed by atoms with van der Waals surface area (Å²) in [4.78, 5) is 22.6. The van der Waals surface area contributed by atoms with E-state index in [1.54, 1.807) is 24.3 Å². The molecule has 148 valence electrons. The molecule has 3 aromatic rings. The van der Waals surface area contributed by atoms with Gasteiger partial charge >= 0.3 is 0 Å². The van der Waals surface area contributed by atoms with Crippen LogP contribution < -0.4 is 10.7 Å². The number of nitrogens with one attached hydrogen (secondary N) is 2. The fourth-order valence-electron chi connectivity index (χ4n) is 2.39. The molecule has 2 aromatic carbocycles. The maximum absolute atomic E-state index is 11.8.